The number of esters is 3. The predicted octanol–water partition coefficient (Wildman–Crippen LogP) is -3.69. The molecule has 0 aliphatic carbocycles. The molecule has 0 aromatic rings. The van der Waals surface area contributed by atoms with E-state index in [1.54, 1.807) is 0 Å². The number of carboxylic acids is 1. The Morgan fingerprint density at radius 2 is 0.812 bits per heavy atom. The number of methoxy groups -OCH3 is 1. The molecule has 0 aromatic carbocycles. The van der Waals surface area contributed by atoms with Gasteiger partial charge in [-0.3, -0.25) is 18.8 Å². The Balaban J connectivity index is 0. The van der Waals surface area contributed by atoms with E-state index in [0.717, 1.165) is 111 Å². The largest absolute Gasteiger partial charge is 1.00 e. The van der Waals surface area contributed by atoms with Gasteiger partial charge in [0, 0.05) is 103 Å². The quantitative estimate of drug-likeness (QED) is 0.0180. The zero-order chi connectivity index (χ0) is 74.1. The fourth-order valence-corrected chi connectivity index (χ4v) is 15.9. The molecule has 10 bridgehead atoms. The summed E-state index contributed by atoms with van der Waals surface area (Å²) in [5.74, 6) is 0.791. The third-order valence-corrected chi connectivity index (χ3v) is 21.5. The molecule has 101 heavy (non-hydrogen) atoms. The van der Waals surface area contributed by atoms with Crippen molar-refractivity contribution < 1.29 is 202 Å². The molecule has 25 unspecified atom stereocenters. The summed E-state index contributed by atoms with van der Waals surface area (Å²) in [4.78, 5) is 40.1. The van der Waals surface area contributed by atoms with Crippen LogP contribution in [0.5, 0.6) is 0 Å². The molecular weight excluding hydrogens is 1620 g/mol. The summed E-state index contributed by atoms with van der Waals surface area (Å²) < 4.78 is 81.4. The number of thiol groups is 1. The molecule has 0 radical (unpaired) electrons. The number of carbonyl (C=O) groups excluding carboxylic acids is 4. The average molecular weight is 1740 g/mol. The van der Waals surface area contributed by atoms with E-state index < -0.39 is 111 Å². The molecule has 0 aromatic heterocycles. The van der Waals surface area contributed by atoms with Gasteiger partial charge in [0.2, 0.25) is 0 Å². The number of hydrogen-bond donors (Lipinski definition) is 11. The predicted molar refractivity (Wildman–Crippen MR) is 378 cm³/mol. The van der Waals surface area contributed by atoms with Crippen LogP contribution >= 0.6 is 69.6 Å². The topological polar surface area (TPSA) is 427 Å². The third-order valence-electron chi connectivity index (χ3n) is 18.4. The summed E-state index contributed by atoms with van der Waals surface area (Å²) in [7, 11) is 1.12. The molecule has 0 amide bonds. The molecule has 15 aliphatic rings. The Labute approximate surface area is 679 Å². The van der Waals surface area contributed by atoms with Gasteiger partial charge >= 0.3 is 77.0 Å². The molecule has 15 aliphatic heterocycles. The minimum absolute atomic E-state index is 0. The van der Waals surface area contributed by atoms with Gasteiger partial charge in [0.1, 0.15) is 24.4 Å². The molecule has 15 rings (SSSR count). The fraction of sp³-hybridized carbons (Fsp3) is 0.939. The summed E-state index contributed by atoms with van der Waals surface area (Å²) in [5.41, 5.74) is 0. The first-order valence-corrected chi connectivity index (χ1v) is 38.8. The number of carboxylic acid groups (broad SMARTS) is 1. The van der Waals surface area contributed by atoms with Crippen molar-refractivity contribution in [2.24, 2.45) is 41.4 Å². The van der Waals surface area contributed by atoms with Gasteiger partial charge in [0.25, 0.3) is 0 Å². The number of alkyl halides is 3. The second-order valence-electron chi connectivity index (χ2n) is 25.0. The molecular formula is C66H119FI2Na2O28S2. The maximum atomic E-state index is 10.4. The Morgan fingerprint density at radius 3 is 1.11 bits per heavy atom. The molecule has 0 spiro atoms. The van der Waals surface area contributed by atoms with E-state index in [-0.39, 0.29) is 134 Å². The normalized spacial score (nSPS) is 36.8. The van der Waals surface area contributed by atoms with Crippen molar-refractivity contribution in [3.63, 3.8) is 0 Å². The number of halogens is 3. The smallest absolute Gasteiger partial charge is 0.857 e. The van der Waals surface area contributed by atoms with Crippen LogP contribution in [-0.4, -0.2) is 279 Å². The van der Waals surface area contributed by atoms with Gasteiger partial charge in [-0.25, -0.2) is 0 Å². The van der Waals surface area contributed by atoms with Gasteiger partial charge in [-0.2, -0.15) is 31.5 Å². The average Bonchev–Trinajstić information content (AvgIpc) is 1.28. The summed E-state index contributed by atoms with van der Waals surface area (Å²) in [6.45, 7) is 9.78. The van der Waals surface area contributed by atoms with E-state index in [1.807, 2.05) is 0 Å². The van der Waals surface area contributed by atoms with Crippen molar-refractivity contribution in [2.45, 2.75) is 255 Å². The van der Waals surface area contributed by atoms with Gasteiger partial charge in [-0.15, -0.1) is 0 Å². The van der Waals surface area contributed by atoms with Crippen LogP contribution in [0.15, 0.2) is 0 Å². The van der Waals surface area contributed by atoms with Crippen LogP contribution in [0.4, 0.5) is 4.39 Å². The number of rotatable bonds is 11. The van der Waals surface area contributed by atoms with Crippen LogP contribution in [-0.2, 0) is 76.0 Å². The van der Waals surface area contributed by atoms with E-state index in [1.165, 1.54) is 52.0 Å². The minimum atomic E-state index is -1.06. The number of fused-ring (bicyclic) bond motifs is 30. The van der Waals surface area contributed by atoms with Crippen molar-refractivity contribution >= 4 is 93.4 Å². The van der Waals surface area contributed by atoms with Crippen LogP contribution in [0.25, 0.3) is 0 Å². The fourth-order valence-electron chi connectivity index (χ4n) is 12.9. The summed E-state index contributed by atoms with van der Waals surface area (Å²) in [6, 6.07) is 0. The SMILES string of the molecule is C.CC(=O)OC(C)=O.CC1C2OCCCCC(C(CI)O2)C1C.COC(=O)CCS.C[O-].O=C([O-])CCSCC1OC2OCCCCC1C(O)C2O.OC1C2OCCCCC(C(CI)O2)C1O.OCC1OC2OCCCCC1C(O)C2O.OCC1OC2OCCCCC1C(O)C2O.[2H]CF.[Na+].[Na+]. The van der Waals surface area contributed by atoms with E-state index in [2.05, 4.69) is 81.1 Å². The van der Waals surface area contributed by atoms with Crippen LogP contribution < -0.4 is 69.3 Å². The molecule has 15 heterocycles. The van der Waals surface area contributed by atoms with Gasteiger partial charge < -0.3 is 123 Å². The zero-order valence-electron chi connectivity index (χ0n) is 60.5. The van der Waals surface area contributed by atoms with Gasteiger partial charge in [-0.05, 0) is 88.2 Å². The summed E-state index contributed by atoms with van der Waals surface area (Å²) in [6.07, 6.45) is 4.02. The van der Waals surface area contributed by atoms with Crippen molar-refractivity contribution in [3.8, 4) is 0 Å². The van der Waals surface area contributed by atoms with Crippen LogP contribution in [0.1, 0.15) is 146 Å². The van der Waals surface area contributed by atoms with Gasteiger partial charge in [-0.1, -0.05) is 98.6 Å². The Kier molecular flexibility index (Phi) is 60.8. The number of aliphatic hydroxyl groups is 10. The number of aliphatic carboxylic acids is 1. The molecule has 25 atom stereocenters. The van der Waals surface area contributed by atoms with Gasteiger partial charge in [0.05, 0.1) is 90.2 Å². The molecule has 35 heteroatoms. The van der Waals surface area contributed by atoms with Crippen LogP contribution in [0.3, 0.4) is 0 Å². The van der Waals surface area contributed by atoms with E-state index in [4.69, 9.17) is 64.1 Å². The standard InChI is InChI=1S/C13H22O6S.C12H21IO2.C10H17IO4.2C10H18O5.C4H6O3.C4H8O2S.CH3F.CH3O.CH4.2Na/c14-10(15)4-6-20-7-9-8-3-1-2-5-18-13(19-9)12(17)11(8)16;1-8-9(2)12-14-6-4-3-5-10(8)11(7-13)15-12;3*11-5-7-6-3-1-2-4-14-10(15-7)9(13)8(6)12;1-3(5)7-4(2)6;1-6-4(5)2-3-7;2*1-2;;;/h8-9,11-13,16-17H,1-7H2,(H,14,15);8-12H,3-7H2,1-2H3;6-10,12-13H,1-5H2;2*6-13H,1-5H2;1-2H3;7H,2-3H2,1H3;2*1H3;1H4;;/q;;;;;;;;-1;;2*+1/p-1/i;;;;;;;1D;;;;. The number of aliphatic hydroxyl groups excluding tert-OH is 10. The van der Waals surface area contributed by atoms with Gasteiger partial charge in [0.15, 0.2) is 31.5 Å². The van der Waals surface area contributed by atoms with Crippen LogP contribution in [0, 0.1) is 41.4 Å². The molecule has 15 fully saturated rings. The monoisotopic (exact) mass is 1740 g/mol. The maximum absolute atomic E-state index is 10.4. The third kappa shape index (κ3) is 36.6. The number of ether oxygens (including phenoxy) is 12. The first kappa shape index (κ1) is 102. The van der Waals surface area contributed by atoms with Crippen molar-refractivity contribution in [2.75, 3.05) is 93.7 Å². The Bertz CT molecular complexity index is 1950. The van der Waals surface area contributed by atoms with Crippen LogP contribution in [0.2, 0.25) is 0 Å². The minimum Gasteiger partial charge on any atom is -0.857 e. The van der Waals surface area contributed by atoms with E-state index in [9.17, 15) is 69.5 Å². The van der Waals surface area contributed by atoms with Crippen molar-refractivity contribution in [3.05, 3.63) is 0 Å². The number of thioether (sulfide) groups is 1. The number of hydrogen-bond acceptors (Lipinski definition) is 30. The zero-order valence-corrected chi connectivity index (χ0v) is 69.5. The van der Waals surface area contributed by atoms with Crippen molar-refractivity contribution in [1.29, 1.82) is 0 Å². The van der Waals surface area contributed by atoms with E-state index >= 15 is 0 Å². The second kappa shape index (κ2) is 60.0. The molecule has 28 nitrogen and oxygen atoms in total. The maximum Gasteiger partial charge on any atom is 1.00 e. The Hall–Kier alpha value is 1.33. The Morgan fingerprint density at radius 1 is 0.515 bits per heavy atom. The second-order valence-corrected chi connectivity index (χ2v) is 28.4. The van der Waals surface area contributed by atoms with Crippen molar-refractivity contribution in [1.82, 2.24) is 0 Å². The summed E-state index contributed by atoms with van der Waals surface area (Å²) in [5, 5.41) is 116. The summed E-state index contributed by atoms with van der Waals surface area (Å²) >= 11 is 9.97. The molecule has 586 valence electrons. The molecule has 0 saturated carbocycles. The van der Waals surface area contributed by atoms with E-state index in [0.29, 0.717) is 62.1 Å². The number of carbonyl (C=O) groups is 4. The first-order chi connectivity index (χ1) is 47.4. The first-order valence-electron chi connectivity index (χ1n) is 34.6. The molecule has 10 N–H and O–H groups in total. The molecule has 15 saturated heterocycles.